The molecule has 0 aliphatic carbocycles. The fraction of sp³-hybridized carbons (Fsp3) is 0.368. The van der Waals surface area contributed by atoms with Crippen LogP contribution in [-0.2, 0) is 9.59 Å². The maximum Gasteiger partial charge on any atom is 0.328 e. The molecule has 0 aromatic carbocycles. The summed E-state index contributed by atoms with van der Waals surface area (Å²) in [6.45, 7) is 3.09. The molecule has 4 N–H and O–H groups in total. The van der Waals surface area contributed by atoms with Gasteiger partial charge in [-0.05, 0) is 31.1 Å². The number of nitrogens with one attached hydrogen (secondary N) is 1. The number of carboxylic acids is 2. The Bertz CT molecular complexity index is 798. The molecule has 28 heavy (non-hydrogen) atoms. The number of aliphatic carboxylic acids is 2. The largest absolute Gasteiger partial charge is 0.478 e. The van der Waals surface area contributed by atoms with Crippen LogP contribution < -0.4 is 5.32 Å². The Balaban J connectivity index is 0.000000416. The number of carboxylic acid groups (broad SMARTS) is 2. The lowest BCUT2D eigenvalue weighted by Crippen LogP contribution is -2.07. The summed E-state index contributed by atoms with van der Waals surface area (Å²) in [7, 11) is 0. The molecule has 0 aliphatic heterocycles. The van der Waals surface area contributed by atoms with Crippen molar-refractivity contribution in [1.82, 2.24) is 14.6 Å². The van der Waals surface area contributed by atoms with Gasteiger partial charge in [-0.2, -0.15) is 0 Å². The number of imidazole rings is 1. The number of hydrogen-bond acceptors (Lipinski definition) is 6. The van der Waals surface area contributed by atoms with Gasteiger partial charge < -0.3 is 20.6 Å². The number of aliphatic hydroxyl groups excluding tert-OH is 1. The van der Waals surface area contributed by atoms with Gasteiger partial charge in [-0.25, -0.2) is 19.1 Å². The monoisotopic (exact) mass is 390 g/mol. The summed E-state index contributed by atoms with van der Waals surface area (Å²) < 4.78 is 1.84. The topological polar surface area (TPSA) is 137 Å². The summed E-state index contributed by atoms with van der Waals surface area (Å²) in [6, 6.07) is 3.85. The minimum absolute atomic E-state index is 0.186. The molecule has 0 radical (unpaired) electrons. The Morgan fingerprint density at radius 2 is 1.89 bits per heavy atom. The van der Waals surface area contributed by atoms with Crippen molar-refractivity contribution < 1.29 is 24.9 Å². The summed E-state index contributed by atoms with van der Waals surface area (Å²) in [5.41, 5.74) is 1.83. The van der Waals surface area contributed by atoms with Crippen molar-refractivity contribution in [1.29, 1.82) is 0 Å². The highest BCUT2D eigenvalue weighted by Crippen LogP contribution is 2.11. The summed E-state index contributed by atoms with van der Waals surface area (Å²) in [4.78, 5) is 23.4. The minimum Gasteiger partial charge on any atom is -0.478 e. The first-order valence-corrected chi connectivity index (χ1v) is 8.98. The molecule has 0 saturated heterocycles. The fourth-order valence-corrected chi connectivity index (χ4v) is 2.06. The molecule has 0 amide bonds. The van der Waals surface area contributed by atoms with Crippen LogP contribution in [0.3, 0.4) is 0 Å². The summed E-state index contributed by atoms with van der Waals surface area (Å²) >= 11 is 0. The first kappa shape index (κ1) is 22.8. The van der Waals surface area contributed by atoms with Crippen LogP contribution in [0.5, 0.6) is 0 Å². The highest BCUT2D eigenvalue weighted by molar-refractivity contribution is 5.89. The van der Waals surface area contributed by atoms with E-state index in [1.165, 1.54) is 12.8 Å². The maximum atomic E-state index is 9.55. The van der Waals surface area contributed by atoms with Crippen LogP contribution in [0.15, 0.2) is 36.6 Å². The van der Waals surface area contributed by atoms with Crippen LogP contribution in [0.25, 0.3) is 11.7 Å². The van der Waals surface area contributed by atoms with Crippen molar-refractivity contribution in [3.8, 4) is 0 Å². The van der Waals surface area contributed by atoms with Gasteiger partial charge in [0.1, 0.15) is 5.82 Å². The Morgan fingerprint density at radius 1 is 1.18 bits per heavy atom. The number of aliphatic hydroxyl groups is 1. The van der Waals surface area contributed by atoms with Crippen molar-refractivity contribution in [2.24, 2.45) is 0 Å². The van der Waals surface area contributed by atoms with Crippen LogP contribution in [0, 0.1) is 0 Å². The zero-order chi connectivity index (χ0) is 20.8. The Labute approximate surface area is 163 Å². The summed E-state index contributed by atoms with van der Waals surface area (Å²) in [5, 5.41) is 32.1. The van der Waals surface area contributed by atoms with E-state index >= 15 is 0 Å². The summed E-state index contributed by atoms with van der Waals surface area (Å²) in [5.74, 6) is -1.72. The Morgan fingerprint density at radius 3 is 2.50 bits per heavy atom. The third-order valence-corrected chi connectivity index (χ3v) is 3.41. The number of allylic oxidation sites excluding steroid dienone is 1. The zero-order valence-electron chi connectivity index (χ0n) is 15.8. The average Bonchev–Trinajstić information content (AvgIpc) is 3.07. The number of unbranched alkanes of at least 4 members (excludes halogenated alkanes) is 2. The summed E-state index contributed by atoms with van der Waals surface area (Å²) in [6.07, 6.45) is 11.4. The van der Waals surface area contributed by atoms with Gasteiger partial charge in [0.2, 0.25) is 0 Å². The van der Waals surface area contributed by atoms with Crippen LogP contribution >= 0.6 is 0 Å². The molecule has 2 heterocycles. The molecule has 2 rings (SSSR count). The van der Waals surface area contributed by atoms with Gasteiger partial charge in [-0.3, -0.25) is 0 Å². The number of fused-ring (bicyclic) bond motifs is 1. The fourth-order valence-electron chi connectivity index (χ4n) is 2.06. The van der Waals surface area contributed by atoms with Crippen molar-refractivity contribution in [2.45, 2.75) is 32.6 Å². The van der Waals surface area contributed by atoms with Crippen molar-refractivity contribution in [3.05, 3.63) is 42.3 Å². The predicted octanol–water partition coefficient (Wildman–Crippen LogP) is 2.44. The van der Waals surface area contributed by atoms with E-state index in [0.29, 0.717) is 25.1 Å². The number of nitrogens with zero attached hydrogens (tertiary/aromatic N) is 3. The van der Waals surface area contributed by atoms with Crippen LogP contribution in [0.1, 0.15) is 38.3 Å². The number of carbonyl (C=O) groups is 2. The van der Waals surface area contributed by atoms with E-state index in [0.717, 1.165) is 23.6 Å². The smallest absolute Gasteiger partial charge is 0.328 e. The molecule has 2 aromatic rings. The Hall–Kier alpha value is -3.20. The molecule has 0 unspecified atom stereocenters. The first-order valence-electron chi connectivity index (χ1n) is 8.98. The van der Waals surface area contributed by atoms with E-state index in [1.54, 1.807) is 0 Å². The van der Waals surface area contributed by atoms with Crippen molar-refractivity contribution in [3.63, 3.8) is 0 Å². The molecule has 0 bridgehead atoms. The number of rotatable bonds is 10. The van der Waals surface area contributed by atoms with Crippen LogP contribution in [0.4, 0.5) is 5.82 Å². The van der Waals surface area contributed by atoms with Gasteiger partial charge in [0.05, 0.1) is 11.9 Å². The lowest BCUT2D eigenvalue weighted by molar-refractivity contribution is -0.134. The van der Waals surface area contributed by atoms with E-state index in [4.69, 9.17) is 15.3 Å². The van der Waals surface area contributed by atoms with Crippen LogP contribution in [-0.4, -0.2) is 55.0 Å². The molecule has 2 aromatic heterocycles. The minimum atomic E-state index is -1.26. The predicted molar refractivity (Wildman–Crippen MR) is 106 cm³/mol. The van der Waals surface area contributed by atoms with Gasteiger partial charge in [0.25, 0.3) is 0 Å². The van der Waals surface area contributed by atoms with Crippen molar-refractivity contribution in [2.75, 3.05) is 18.5 Å². The molecular formula is C19H26N4O5. The van der Waals surface area contributed by atoms with Gasteiger partial charge in [0.15, 0.2) is 5.65 Å². The molecule has 0 saturated carbocycles. The molecule has 0 spiro atoms. The van der Waals surface area contributed by atoms with Gasteiger partial charge >= 0.3 is 11.9 Å². The maximum absolute atomic E-state index is 9.55. The van der Waals surface area contributed by atoms with E-state index < -0.39 is 11.9 Å². The van der Waals surface area contributed by atoms with Crippen LogP contribution in [0.2, 0.25) is 0 Å². The van der Waals surface area contributed by atoms with E-state index in [1.807, 2.05) is 22.8 Å². The third kappa shape index (κ3) is 8.95. The van der Waals surface area contributed by atoms with E-state index in [2.05, 4.69) is 34.5 Å². The molecule has 0 atom stereocenters. The third-order valence-electron chi connectivity index (χ3n) is 3.41. The van der Waals surface area contributed by atoms with E-state index in [-0.39, 0.29) is 6.61 Å². The van der Waals surface area contributed by atoms with Gasteiger partial charge in [-0.1, -0.05) is 25.8 Å². The molecule has 0 aliphatic rings. The van der Waals surface area contributed by atoms with Crippen molar-refractivity contribution >= 4 is 29.5 Å². The first-order chi connectivity index (χ1) is 13.5. The normalized spacial score (nSPS) is 10.9. The molecule has 152 valence electrons. The standard InChI is InChI=1S/C15H22N4O.C4H4O4/c1-2-3-4-5-7-13-12-17-15-9-8-14(18-19(13)15)16-10-6-11-20;5-3(6)1-2-4(7)8/h5,7-9,12,20H,2-4,6,10-11H2,1H3,(H,16,18);1-2H,(H,5,6)(H,7,8)/b7-5+;2-1+. The zero-order valence-corrected chi connectivity index (χ0v) is 15.8. The van der Waals surface area contributed by atoms with Gasteiger partial charge in [-0.15, -0.1) is 5.10 Å². The average molecular weight is 390 g/mol. The second kappa shape index (κ2) is 13.0. The second-order valence-corrected chi connectivity index (χ2v) is 5.73. The lowest BCUT2D eigenvalue weighted by Gasteiger charge is -2.05. The second-order valence-electron chi connectivity index (χ2n) is 5.73. The number of aromatic nitrogens is 3. The molecule has 9 nitrogen and oxygen atoms in total. The molecule has 9 heteroatoms. The number of anilines is 1. The number of hydrogen-bond donors (Lipinski definition) is 4. The quantitative estimate of drug-likeness (QED) is 0.359. The highest BCUT2D eigenvalue weighted by atomic mass is 16.4. The van der Waals surface area contributed by atoms with Gasteiger partial charge in [0, 0.05) is 25.3 Å². The highest BCUT2D eigenvalue weighted by Gasteiger charge is 2.02. The molecular weight excluding hydrogens is 364 g/mol. The Kier molecular flexibility index (Phi) is 10.6. The lowest BCUT2D eigenvalue weighted by atomic mass is 10.2. The SMILES string of the molecule is CCCC/C=C/c1cnc2ccc(NCCCO)nn12.O=C(O)/C=C/C(=O)O. The molecule has 0 fully saturated rings. The van der Waals surface area contributed by atoms with E-state index in [9.17, 15) is 9.59 Å².